The summed E-state index contributed by atoms with van der Waals surface area (Å²) in [7, 11) is 0. The molecule has 1 atom stereocenters. The van der Waals surface area contributed by atoms with Crippen LogP contribution in [0, 0.1) is 5.92 Å². The zero-order valence-corrected chi connectivity index (χ0v) is 16.2. The van der Waals surface area contributed by atoms with Crippen molar-refractivity contribution in [2.45, 2.75) is 59.5 Å². The number of furan rings is 1. The first kappa shape index (κ1) is 20.5. The SMILES string of the molecule is CCCCn1c(N)c(N(Cc2ccco2)C(=O)C(C)CCC)c(=O)[nH]c1=O. The van der Waals surface area contributed by atoms with Crippen LogP contribution in [0.3, 0.4) is 0 Å². The highest BCUT2D eigenvalue weighted by Gasteiger charge is 2.28. The van der Waals surface area contributed by atoms with Gasteiger partial charge in [0.15, 0.2) is 5.69 Å². The van der Waals surface area contributed by atoms with E-state index in [1.165, 1.54) is 15.7 Å². The molecule has 0 radical (unpaired) electrons. The monoisotopic (exact) mass is 376 g/mol. The van der Waals surface area contributed by atoms with Crippen molar-refractivity contribution in [2.75, 3.05) is 10.6 Å². The molecular formula is C19H28N4O4. The maximum atomic E-state index is 13.1. The van der Waals surface area contributed by atoms with Crippen LogP contribution in [0.1, 0.15) is 52.2 Å². The molecule has 0 saturated carbocycles. The fourth-order valence-electron chi connectivity index (χ4n) is 3.02. The number of hydrogen-bond acceptors (Lipinski definition) is 5. The van der Waals surface area contributed by atoms with Gasteiger partial charge in [0.25, 0.3) is 5.56 Å². The minimum atomic E-state index is -0.672. The van der Waals surface area contributed by atoms with E-state index in [0.717, 1.165) is 19.3 Å². The molecule has 2 rings (SSSR count). The molecule has 8 nitrogen and oxygen atoms in total. The predicted molar refractivity (Wildman–Crippen MR) is 105 cm³/mol. The van der Waals surface area contributed by atoms with Gasteiger partial charge in [-0.2, -0.15) is 0 Å². The Kier molecular flexibility index (Phi) is 7.04. The summed E-state index contributed by atoms with van der Waals surface area (Å²) in [5.41, 5.74) is 4.94. The molecule has 1 amide bonds. The number of aromatic amines is 1. The molecule has 1 unspecified atom stereocenters. The molecule has 148 valence electrons. The van der Waals surface area contributed by atoms with Crippen molar-refractivity contribution in [3.63, 3.8) is 0 Å². The Labute approximate surface area is 158 Å². The lowest BCUT2D eigenvalue weighted by atomic mass is 10.0. The van der Waals surface area contributed by atoms with Crippen molar-refractivity contribution < 1.29 is 9.21 Å². The number of unbranched alkanes of at least 4 members (excludes halogenated alkanes) is 1. The van der Waals surface area contributed by atoms with E-state index in [9.17, 15) is 14.4 Å². The molecule has 2 aromatic heterocycles. The lowest BCUT2D eigenvalue weighted by molar-refractivity contribution is -0.122. The van der Waals surface area contributed by atoms with Gasteiger partial charge in [0.2, 0.25) is 5.91 Å². The number of H-pyrrole nitrogens is 1. The van der Waals surface area contributed by atoms with Gasteiger partial charge in [-0.3, -0.25) is 24.0 Å². The predicted octanol–water partition coefficient (Wildman–Crippen LogP) is 2.48. The first-order valence-electron chi connectivity index (χ1n) is 9.37. The molecule has 0 saturated heterocycles. The third-order valence-electron chi connectivity index (χ3n) is 4.52. The Hall–Kier alpha value is -2.77. The first-order chi connectivity index (χ1) is 12.9. The second-order valence-electron chi connectivity index (χ2n) is 6.69. The quantitative estimate of drug-likeness (QED) is 0.698. The third kappa shape index (κ3) is 4.69. The Morgan fingerprint density at radius 2 is 2.07 bits per heavy atom. The van der Waals surface area contributed by atoms with Crippen molar-refractivity contribution in [1.29, 1.82) is 0 Å². The van der Waals surface area contributed by atoms with Gasteiger partial charge in [-0.15, -0.1) is 0 Å². The summed E-state index contributed by atoms with van der Waals surface area (Å²) in [6, 6.07) is 3.44. The molecule has 0 spiro atoms. The van der Waals surface area contributed by atoms with Gasteiger partial charge in [0.1, 0.15) is 11.6 Å². The summed E-state index contributed by atoms with van der Waals surface area (Å²) in [5, 5.41) is 0. The highest BCUT2D eigenvalue weighted by Crippen LogP contribution is 2.23. The molecule has 0 bridgehead atoms. The zero-order valence-electron chi connectivity index (χ0n) is 16.2. The molecule has 0 aromatic carbocycles. The van der Waals surface area contributed by atoms with Gasteiger partial charge in [0, 0.05) is 12.5 Å². The second kappa shape index (κ2) is 9.25. The maximum Gasteiger partial charge on any atom is 0.330 e. The lowest BCUT2D eigenvalue weighted by Gasteiger charge is -2.26. The highest BCUT2D eigenvalue weighted by atomic mass is 16.3. The van der Waals surface area contributed by atoms with E-state index in [-0.39, 0.29) is 29.9 Å². The molecule has 27 heavy (non-hydrogen) atoms. The van der Waals surface area contributed by atoms with Crippen LogP contribution in [-0.4, -0.2) is 15.5 Å². The Morgan fingerprint density at radius 3 is 2.67 bits per heavy atom. The number of nitrogens with one attached hydrogen (secondary N) is 1. The van der Waals surface area contributed by atoms with Crippen LogP contribution in [0.5, 0.6) is 0 Å². The lowest BCUT2D eigenvalue weighted by Crippen LogP contribution is -2.42. The summed E-state index contributed by atoms with van der Waals surface area (Å²) in [5.74, 6) is 0.00360. The Morgan fingerprint density at radius 1 is 1.33 bits per heavy atom. The van der Waals surface area contributed by atoms with Crippen molar-refractivity contribution in [2.24, 2.45) is 5.92 Å². The summed E-state index contributed by atoms with van der Waals surface area (Å²) in [6.07, 6.45) is 4.62. The average molecular weight is 376 g/mol. The zero-order chi connectivity index (χ0) is 20.0. The van der Waals surface area contributed by atoms with Crippen LogP contribution in [0.2, 0.25) is 0 Å². The number of hydrogen-bond donors (Lipinski definition) is 2. The number of amides is 1. The number of nitrogens with two attached hydrogens (primary N) is 1. The van der Waals surface area contributed by atoms with E-state index < -0.39 is 11.2 Å². The molecular weight excluding hydrogens is 348 g/mol. The average Bonchev–Trinajstić information content (AvgIpc) is 3.13. The van der Waals surface area contributed by atoms with Gasteiger partial charge >= 0.3 is 5.69 Å². The summed E-state index contributed by atoms with van der Waals surface area (Å²) >= 11 is 0. The smallest absolute Gasteiger partial charge is 0.330 e. The van der Waals surface area contributed by atoms with Crippen molar-refractivity contribution >= 4 is 17.4 Å². The molecule has 0 aliphatic carbocycles. The molecule has 3 N–H and O–H groups in total. The molecule has 0 fully saturated rings. The molecule has 0 aliphatic heterocycles. The molecule has 2 aromatic rings. The fraction of sp³-hybridized carbons (Fsp3) is 0.526. The summed E-state index contributed by atoms with van der Waals surface area (Å²) in [4.78, 5) is 41.4. The number of carbonyl (C=O) groups is 1. The molecule has 8 heteroatoms. The first-order valence-corrected chi connectivity index (χ1v) is 9.37. The van der Waals surface area contributed by atoms with Crippen LogP contribution < -0.4 is 21.9 Å². The van der Waals surface area contributed by atoms with Crippen LogP contribution in [0.4, 0.5) is 11.5 Å². The normalized spacial score (nSPS) is 12.1. The van der Waals surface area contributed by atoms with Crippen molar-refractivity contribution in [1.82, 2.24) is 9.55 Å². The van der Waals surface area contributed by atoms with Crippen molar-refractivity contribution in [3.8, 4) is 0 Å². The fourth-order valence-corrected chi connectivity index (χ4v) is 3.02. The van der Waals surface area contributed by atoms with Gasteiger partial charge in [-0.25, -0.2) is 4.79 Å². The van der Waals surface area contributed by atoms with Crippen LogP contribution in [0.25, 0.3) is 0 Å². The highest BCUT2D eigenvalue weighted by molar-refractivity contribution is 5.96. The number of carbonyl (C=O) groups excluding carboxylic acids is 1. The van der Waals surface area contributed by atoms with E-state index in [0.29, 0.717) is 18.7 Å². The second-order valence-corrected chi connectivity index (χ2v) is 6.69. The number of nitrogen functional groups attached to an aromatic ring is 1. The molecule has 2 heterocycles. The maximum absolute atomic E-state index is 13.1. The number of anilines is 2. The Balaban J connectivity index is 2.55. The van der Waals surface area contributed by atoms with E-state index in [2.05, 4.69) is 4.98 Å². The van der Waals surface area contributed by atoms with Gasteiger partial charge < -0.3 is 10.2 Å². The van der Waals surface area contributed by atoms with Crippen molar-refractivity contribution in [3.05, 3.63) is 45.0 Å². The summed E-state index contributed by atoms with van der Waals surface area (Å²) < 4.78 is 6.67. The minimum Gasteiger partial charge on any atom is -0.467 e. The van der Waals surface area contributed by atoms with E-state index >= 15 is 0 Å². The van der Waals surface area contributed by atoms with Gasteiger partial charge in [0.05, 0.1) is 12.8 Å². The third-order valence-corrected chi connectivity index (χ3v) is 4.52. The Bertz CT molecular complexity index is 867. The van der Waals surface area contributed by atoms with Crippen LogP contribution in [0.15, 0.2) is 32.4 Å². The van der Waals surface area contributed by atoms with Gasteiger partial charge in [-0.1, -0.05) is 33.6 Å². The van der Waals surface area contributed by atoms with E-state index in [1.807, 2.05) is 20.8 Å². The standard InChI is InChI=1S/C19H28N4O4/c1-4-6-10-22-16(20)15(17(24)21-19(22)26)23(12-14-9-7-11-27-14)18(25)13(3)8-5-2/h7,9,11,13H,4-6,8,10,12,20H2,1-3H3,(H,21,24,26). The van der Waals surface area contributed by atoms with Crippen LogP contribution >= 0.6 is 0 Å². The number of rotatable bonds is 9. The topological polar surface area (TPSA) is 114 Å². The minimum absolute atomic E-state index is 0.000745. The van der Waals surface area contributed by atoms with E-state index in [1.54, 1.807) is 12.1 Å². The number of aromatic nitrogens is 2. The number of nitrogens with zero attached hydrogens (tertiary/aromatic N) is 2. The van der Waals surface area contributed by atoms with Crippen LogP contribution in [-0.2, 0) is 17.9 Å². The largest absolute Gasteiger partial charge is 0.467 e. The van der Waals surface area contributed by atoms with Gasteiger partial charge in [-0.05, 0) is 25.0 Å². The molecule has 0 aliphatic rings. The van der Waals surface area contributed by atoms with E-state index in [4.69, 9.17) is 10.2 Å². The summed E-state index contributed by atoms with van der Waals surface area (Å²) in [6.45, 7) is 6.25.